The lowest BCUT2D eigenvalue weighted by molar-refractivity contribution is -0.122. The van der Waals surface area contributed by atoms with Gasteiger partial charge in [-0.2, -0.15) is 0 Å². The minimum atomic E-state index is -0.732. The van der Waals surface area contributed by atoms with Gasteiger partial charge >= 0.3 is 0 Å². The third-order valence-electron chi connectivity index (χ3n) is 2.90. The van der Waals surface area contributed by atoms with E-state index < -0.39 is 6.04 Å². The number of hydrogen-bond acceptors (Lipinski definition) is 5. The summed E-state index contributed by atoms with van der Waals surface area (Å²) in [6.07, 6.45) is 0.269. The molecule has 0 fully saturated rings. The van der Waals surface area contributed by atoms with Crippen LogP contribution < -0.4 is 11.1 Å². The molecular formula is C14H15ClN2O3S. The van der Waals surface area contributed by atoms with E-state index >= 15 is 0 Å². The zero-order valence-electron chi connectivity index (χ0n) is 11.0. The molecule has 0 saturated carbocycles. The van der Waals surface area contributed by atoms with Crippen LogP contribution in [-0.4, -0.2) is 22.2 Å². The highest BCUT2D eigenvalue weighted by molar-refractivity contribution is 7.16. The number of phenols is 2. The summed E-state index contributed by atoms with van der Waals surface area (Å²) in [5, 5.41) is 21.4. The molecule has 5 nitrogen and oxygen atoms in total. The number of amides is 1. The van der Waals surface area contributed by atoms with Gasteiger partial charge in [0.2, 0.25) is 5.91 Å². The Hall–Kier alpha value is -1.76. The van der Waals surface area contributed by atoms with Crippen LogP contribution in [0.3, 0.4) is 0 Å². The smallest absolute Gasteiger partial charge is 0.237 e. The van der Waals surface area contributed by atoms with Crippen molar-refractivity contribution < 1.29 is 15.0 Å². The van der Waals surface area contributed by atoms with E-state index in [1.165, 1.54) is 23.5 Å². The number of benzene rings is 1. The SMILES string of the molecule is N[C@@H](Cc1ccc(O)c(O)c1)C(=O)NCc1ccc(Cl)s1. The van der Waals surface area contributed by atoms with E-state index in [-0.39, 0.29) is 23.8 Å². The summed E-state index contributed by atoms with van der Waals surface area (Å²) < 4.78 is 0.670. The predicted molar refractivity (Wildman–Crippen MR) is 82.6 cm³/mol. The summed E-state index contributed by atoms with van der Waals surface area (Å²) in [6, 6.07) is 7.25. The maximum atomic E-state index is 11.9. The van der Waals surface area contributed by atoms with Crippen molar-refractivity contribution in [3.8, 4) is 11.5 Å². The van der Waals surface area contributed by atoms with Crippen molar-refractivity contribution in [1.29, 1.82) is 0 Å². The highest BCUT2D eigenvalue weighted by Crippen LogP contribution is 2.25. The number of carbonyl (C=O) groups excluding carboxylic acids is 1. The molecule has 0 saturated heterocycles. The molecule has 2 aromatic rings. The van der Waals surface area contributed by atoms with Crippen LogP contribution in [0.15, 0.2) is 30.3 Å². The fraction of sp³-hybridized carbons (Fsp3) is 0.214. The molecule has 0 spiro atoms. The molecular weight excluding hydrogens is 312 g/mol. The van der Waals surface area contributed by atoms with Crippen molar-refractivity contribution in [2.24, 2.45) is 5.73 Å². The average Bonchev–Trinajstić information content (AvgIpc) is 2.86. The second-order valence-corrected chi connectivity index (χ2v) is 6.36. The lowest BCUT2D eigenvalue weighted by Crippen LogP contribution is -2.41. The van der Waals surface area contributed by atoms with E-state index in [0.29, 0.717) is 16.4 Å². The molecule has 0 bridgehead atoms. The molecule has 112 valence electrons. The molecule has 0 radical (unpaired) electrons. The predicted octanol–water partition coefficient (Wildman–Crippen LogP) is 2.00. The molecule has 1 aromatic heterocycles. The van der Waals surface area contributed by atoms with Crippen molar-refractivity contribution in [3.05, 3.63) is 45.1 Å². The number of phenolic OH excluding ortho intramolecular Hbond substituents is 2. The van der Waals surface area contributed by atoms with Gasteiger partial charge in [-0.05, 0) is 36.2 Å². The van der Waals surface area contributed by atoms with Crippen LogP contribution in [0.1, 0.15) is 10.4 Å². The van der Waals surface area contributed by atoms with Crippen molar-refractivity contribution in [2.75, 3.05) is 0 Å². The van der Waals surface area contributed by atoms with Gasteiger partial charge in [0.1, 0.15) is 0 Å². The fourth-order valence-electron chi connectivity index (χ4n) is 1.79. The first-order valence-electron chi connectivity index (χ1n) is 6.24. The summed E-state index contributed by atoms with van der Waals surface area (Å²) in [6.45, 7) is 0.380. The molecule has 2 rings (SSSR count). The molecule has 7 heteroatoms. The van der Waals surface area contributed by atoms with Gasteiger partial charge in [-0.15, -0.1) is 11.3 Å². The van der Waals surface area contributed by atoms with Gasteiger partial charge in [0.15, 0.2) is 11.5 Å². The lowest BCUT2D eigenvalue weighted by Gasteiger charge is -2.12. The number of nitrogens with two attached hydrogens (primary N) is 1. The van der Waals surface area contributed by atoms with Crippen LogP contribution in [0.25, 0.3) is 0 Å². The Morgan fingerprint density at radius 2 is 2.05 bits per heavy atom. The number of carbonyl (C=O) groups is 1. The van der Waals surface area contributed by atoms with Crippen LogP contribution in [0.4, 0.5) is 0 Å². The van der Waals surface area contributed by atoms with Crippen LogP contribution in [-0.2, 0) is 17.8 Å². The first-order valence-corrected chi connectivity index (χ1v) is 7.43. The third-order valence-corrected chi connectivity index (χ3v) is 4.13. The maximum absolute atomic E-state index is 11.9. The highest BCUT2D eigenvalue weighted by atomic mass is 35.5. The molecule has 1 atom stereocenters. The first kappa shape index (κ1) is 15.6. The molecule has 1 aromatic carbocycles. The van der Waals surface area contributed by atoms with Crippen LogP contribution in [0, 0.1) is 0 Å². The Balaban J connectivity index is 1.88. The molecule has 1 amide bonds. The van der Waals surface area contributed by atoms with Crippen LogP contribution >= 0.6 is 22.9 Å². The summed E-state index contributed by atoms with van der Waals surface area (Å²) in [5.74, 6) is -0.716. The third kappa shape index (κ3) is 4.35. The summed E-state index contributed by atoms with van der Waals surface area (Å²) >= 11 is 7.21. The Labute approximate surface area is 131 Å². The van der Waals surface area contributed by atoms with Crippen molar-refractivity contribution in [2.45, 2.75) is 19.0 Å². The van der Waals surface area contributed by atoms with Gasteiger partial charge in [-0.25, -0.2) is 0 Å². The molecule has 0 aliphatic carbocycles. The van der Waals surface area contributed by atoms with Gasteiger partial charge in [0, 0.05) is 4.88 Å². The van der Waals surface area contributed by atoms with Gasteiger partial charge in [0.25, 0.3) is 0 Å². The van der Waals surface area contributed by atoms with Crippen molar-refractivity contribution >= 4 is 28.8 Å². The first-order chi connectivity index (χ1) is 9.95. The van der Waals surface area contributed by atoms with Crippen molar-refractivity contribution in [3.63, 3.8) is 0 Å². The zero-order chi connectivity index (χ0) is 15.4. The number of rotatable bonds is 5. The van der Waals surface area contributed by atoms with Gasteiger partial charge < -0.3 is 21.3 Å². The van der Waals surface area contributed by atoms with E-state index in [0.717, 1.165) is 4.88 Å². The second-order valence-electron chi connectivity index (χ2n) is 4.56. The van der Waals surface area contributed by atoms with E-state index in [4.69, 9.17) is 17.3 Å². The van der Waals surface area contributed by atoms with Crippen molar-refractivity contribution in [1.82, 2.24) is 5.32 Å². The largest absolute Gasteiger partial charge is 0.504 e. The van der Waals surface area contributed by atoms with Gasteiger partial charge in [-0.1, -0.05) is 17.7 Å². The Morgan fingerprint density at radius 1 is 1.29 bits per heavy atom. The van der Waals surface area contributed by atoms with E-state index in [1.54, 1.807) is 12.1 Å². The molecule has 21 heavy (non-hydrogen) atoms. The molecule has 0 aliphatic heterocycles. The Kier molecular flexibility index (Phi) is 5.06. The molecule has 1 heterocycles. The minimum Gasteiger partial charge on any atom is -0.504 e. The highest BCUT2D eigenvalue weighted by Gasteiger charge is 2.15. The normalized spacial score (nSPS) is 12.1. The summed E-state index contributed by atoms with van der Waals surface area (Å²) in [7, 11) is 0. The standard InChI is InChI=1S/C14H15ClN2O3S/c15-13-4-2-9(21-13)7-17-14(20)10(16)5-8-1-3-11(18)12(19)6-8/h1-4,6,10,18-19H,5,7,16H2,(H,17,20)/t10-/m0/s1. The number of aromatic hydroxyl groups is 2. The molecule has 0 unspecified atom stereocenters. The molecule has 0 aliphatic rings. The van der Waals surface area contributed by atoms with Crippen LogP contribution in [0.5, 0.6) is 11.5 Å². The second kappa shape index (κ2) is 6.80. The average molecular weight is 327 g/mol. The zero-order valence-corrected chi connectivity index (χ0v) is 12.6. The van der Waals surface area contributed by atoms with Gasteiger partial charge in [0.05, 0.1) is 16.9 Å². The van der Waals surface area contributed by atoms with E-state index in [2.05, 4.69) is 5.32 Å². The lowest BCUT2D eigenvalue weighted by atomic mass is 10.1. The maximum Gasteiger partial charge on any atom is 0.237 e. The topological polar surface area (TPSA) is 95.6 Å². The fourth-order valence-corrected chi connectivity index (χ4v) is 2.82. The summed E-state index contributed by atoms with van der Waals surface area (Å²) in [4.78, 5) is 12.9. The Bertz CT molecular complexity index is 645. The van der Waals surface area contributed by atoms with Crippen LogP contribution in [0.2, 0.25) is 4.34 Å². The summed E-state index contributed by atoms with van der Waals surface area (Å²) in [5.41, 5.74) is 6.50. The van der Waals surface area contributed by atoms with E-state index in [1.807, 2.05) is 6.07 Å². The van der Waals surface area contributed by atoms with E-state index in [9.17, 15) is 15.0 Å². The number of hydrogen-bond donors (Lipinski definition) is 4. The van der Waals surface area contributed by atoms with Gasteiger partial charge in [-0.3, -0.25) is 4.79 Å². The molecule has 5 N–H and O–H groups in total. The number of thiophene rings is 1. The quantitative estimate of drug-likeness (QED) is 0.632. The monoisotopic (exact) mass is 326 g/mol. The number of halogens is 1. The number of nitrogens with one attached hydrogen (secondary N) is 1. The minimum absolute atomic E-state index is 0.202. The Morgan fingerprint density at radius 3 is 2.67 bits per heavy atom.